The van der Waals surface area contributed by atoms with Crippen molar-refractivity contribution in [3.8, 4) is 11.5 Å². The van der Waals surface area contributed by atoms with E-state index in [-0.39, 0.29) is 0 Å². The van der Waals surface area contributed by atoms with E-state index in [1.807, 2.05) is 55.5 Å². The van der Waals surface area contributed by atoms with Crippen molar-refractivity contribution in [2.24, 2.45) is 0 Å². The second-order valence-electron chi connectivity index (χ2n) is 4.03. The molecule has 0 fully saturated rings. The molecule has 0 aromatic heterocycles. The van der Waals surface area contributed by atoms with Gasteiger partial charge in [-0.2, -0.15) is 0 Å². The summed E-state index contributed by atoms with van der Waals surface area (Å²) in [6, 6.07) is 15.6. The molecule has 100 valence electrons. The Morgan fingerprint density at radius 3 is 2.53 bits per heavy atom. The van der Waals surface area contributed by atoms with Crippen molar-refractivity contribution >= 4 is 12.0 Å². The molecule has 4 heteroatoms. The maximum atomic E-state index is 5.22. The highest BCUT2D eigenvalue weighted by Gasteiger charge is 2.02. The topological polar surface area (TPSA) is 27.7 Å². The molecular weight excluding hydrogens is 260 g/mol. The van der Waals surface area contributed by atoms with Crippen molar-refractivity contribution in [1.82, 2.24) is 0 Å². The third-order valence-electron chi connectivity index (χ3n) is 2.61. The minimum atomic E-state index is 0.666. The molecule has 0 N–H and O–H groups in total. The van der Waals surface area contributed by atoms with E-state index in [9.17, 15) is 0 Å². The van der Waals surface area contributed by atoms with Gasteiger partial charge in [-0.25, -0.2) is 0 Å². The average molecular weight is 276 g/mol. The summed E-state index contributed by atoms with van der Waals surface area (Å²) in [5.74, 6) is 2.25. The number of aryl methyl sites for hydroxylation is 1. The third-order valence-corrected chi connectivity index (χ3v) is 3.23. The van der Waals surface area contributed by atoms with E-state index in [1.54, 1.807) is 7.11 Å². The van der Waals surface area contributed by atoms with Crippen molar-refractivity contribution in [3.63, 3.8) is 0 Å². The molecule has 0 aliphatic carbocycles. The monoisotopic (exact) mass is 276 g/mol. The Hall–Kier alpha value is -1.65. The average Bonchev–Trinajstić information content (AvgIpc) is 2.45. The van der Waals surface area contributed by atoms with Crippen molar-refractivity contribution in [3.05, 3.63) is 59.7 Å². The first-order valence-corrected chi connectivity index (χ1v) is 6.85. The van der Waals surface area contributed by atoms with E-state index in [0.29, 0.717) is 5.75 Å². The highest BCUT2D eigenvalue weighted by atomic mass is 32.2. The van der Waals surface area contributed by atoms with Crippen molar-refractivity contribution in [2.75, 3.05) is 7.11 Å². The lowest BCUT2D eigenvalue weighted by Gasteiger charge is -2.07. The molecule has 0 unspecified atom stereocenters. The van der Waals surface area contributed by atoms with Gasteiger partial charge in [0.1, 0.15) is 5.75 Å². The van der Waals surface area contributed by atoms with Gasteiger partial charge in [-0.3, -0.25) is 0 Å². The second-order valence-corrected chi connectivity index (χ2v) is 4.69. The summed E-state index contributed by atoms with van der Waals surface area (Å²) in [4.78, 5) is 5.22. The maximum absolute atomic E-state index is 5.22. The van der Waals surface area contributed by atoms with Crippen LogP contribution in [-0.4, -0.2) is 7.11 Å². The third kappa shape index (κ3) is 4.19. The van der Waals surface area contributed by atoms with Gasteiger partial charge < -0.3 is 9.62 Å². The van der Waals surface area contributed by atoms with Gasteiger partial charge in [0.05, 0.1) is 7.11 Å². The fraction of sp³-hybridized carbons (Fsp3) is 0.200. The first-order chi connectivity index (χ1) is 9.29. The first kappa shape index (κ1) is 13.8. The standard InChI is InChI=1S/C15H16O3S/c1-12-10-14(8-9-15(12)16-2)17-18-19-11-13-6-4-3-5-7-13/h3-10H,11H2,1-2H3. The van der Waals surface area contributed by atoms with E-state index in [1.165, 1.54) is 17.6 Å². The summed E-state index contributed by atoms with van der Waals surface area (Å²) in [6.45, 7) is 1.96. The quantitative estimate of drug-likeness (QED) is 0.343. The Labute approximate surface area is 117 Å². The normalized spacial score (nSPS) is 10.2. The first-order valence-electron chi connectivity index (χ1n) is 5.94. The van der Waals surface area contributed by atoms with Gasteiger partial charge >= 0.3 is 0 Å². The molecule has 19 heavy (non-hydrogen) atoms. The Morgan fingerprint density at radius 2 is 1.84 bits per heavy atom. The van der Waals surface area contributed by atoms with E-state index in [0.717, 1.165) is 17.1 Å². The Bertz CT molecular complexity index is 514. The molecule has 0 heterocycles. The Kier molecular flexibility index (Phi) is 5.12. The summed E-state index contributed by atoms with van der Waals surface area (Å²) < 4.78 is 10.3. The van der Waals surface area contributed by atoms with Gasteiger partial charge in [-0.05, 0) is 36.2 Å². The van der Waals surface area contributed by atoms with Crippen LogP contribution < -0.4 is 9.62 Å². The van der Waals surface area contributed by atoms with Crippen LogP contribution in [0.2, 0.25) is 0 Å². The number of rotatable bonds is 6. The van der Waals surface area contributed by atoms with Crippen LogP contribution in [0.3, 0.4) is 0 Å². The van der Waals surface area contributed by atoms with Gasteiger partial charge in [-0.1, -0.05) is 30.3 Å². The van der Waals surface area contributed by atoms with E-state index in [2.05, 4.69) is 0 Å². The summed E-state index contributed by atoms with van der Waals surface area (Å²) in [5.41, 5.74) is 2.21. The predicted octanol–water partition coefficient (Wildman–Crippen LogP) is 4.16. The van der Waals surface area contributed by atoms with Crippen LogP contribution in [0, 0.1) is 6.92 Å². The van der Waals surface area contributed by atoms with Crippen LogP contribution >= 0.6 is 12.0 Å². The molecule has 2 aromatic rings. The van der Waals surface area contributed by atoms with Gasteiger partial charge in [0.15, 0.2) is 5.75 Å². The minimum absolute atomic E-state index is 0.666. The molecule has 2 aromatic carbocycles. The molecule has 3 nitrogen and oxygen atoms in total. The zero-order valence-electron chi connectivity index (χ0n) is 11.0. The molecule has 0 saturated heterocycles. The summed E-state index contributed by atoms with van der Waals surface area (Å²) >= 11 is 1.26. The fourth-order valence-electron chi connectivity index (χ4n) is 1.63. The van der Waals surface area contributed by atoms with Gasteiger partial charge in [0.2, 0.25) is 0 Å². The molecule has 0 saturated carbocycles. The lowest BCUT2D eigenvalue weighted by atomic mass is 10.2. The van der Waals surface area contributed by atoms with Crippen molar-refractivity contribution in [2.45, 2.75) is 12.7 Å². The Morgan fingerprint density at radius 1 is 1.05 bits per heavy atom. The number of hydrogen-bond donors (Lipinski definition) is 0. The molecule has 0 aliphatic heterocycles. The highest BCUT2D eigenvalue weighted by molar-refractivity contribution is 7.93. The van der Waals surface area contributed by atoms with E-state index >= 15 is 0 Å². The van der Waals surface area contributed by atoms with Gasteiger partial charge in [0, 0.05) is 17.8 Å². The molecule has 0 bridgehead atoms. The van der Waals surface area contributed by atoms with Crippen LogP contribution in [0.5, 0.6) is 11.5 Å². The number of methoxy groups -OCH3 is 1. The smallest absolute Gasteiger partial charge is 0.167 e. The molecule has 0 aliphatic rings. The predicted molar refractivity (Wildman–Crippen MR) is 77.2 cm³/mol. The second kappa shape index (κ2) is 7.07. The van der Waals surface area contributed by atoms with E-state index in [4.69, 9.17) is 14.0 Å². The maximum Gasteiger partial charge on any atom is 0.167 e. The summed E-state index contributed by atoms with van der Waals surface area (Å²) in [7, 11) is 1.65. The largest absolute Gasteiger partial charge is 0.496 e. The summed E-state index contributed by atoms with van der Waals surface area (Å²) in [6.07, 6.45) is 0. The molecule has 0 spiro atoms. The molecule has 0 atom stereocenters. The highest BCUT2D eigenvalue weighted by Crippen LogP contribution is 2.24. The van der Waals surface area contributed by atoms with Crippen LogP contribution in [0.15, 0.2) is 48.5 Å². The van der Waals surface area contributed by atoms with Gasteiger partial charge in [-0.15, -0.1) is 4.33 Å². The number of hydrogen-bond acceptors (Lipinski definition) is 4. The van der Waals surface area contributed by atoms with Crippen LogP contribution in [-0.2, 0) is 10.1 Å². The Balaban J connectivity index is 1.78. The lowest BCUT2D eigenvalue weighted by Crippen LogP contribution is -1.92. The van der Waals surface area contributed by atoms with E-state index < -0.39 is 0 Å². The molecule has 0 amide bonds. The van der Waals surface area contributed by atoms with Crippen molar-refractivity contribution < 1.29 is 14.0 Å². The number of benzene rings is 2. The molecule has 0 radical (unpaired) electrons. The van der Waals surface area contributed by atoms with Crippen LogP contribution in [0.4, 0.5) is 0 Å². The zero-order valence-corrected chi connectivity index (χ0v) is 11.8. The summed E-state index contributed by atoms with van der Waals surface area (Å²) in [5, 5.41) is 0. The van der Waals surface area contributed by atoms with Crippen LogP contribution in [0.1, 0.15) is 11.1 Å². The fourth-order valence-corrected chi connectivity index (χ4v) is 2.14. The molecular formula is C15H16O3S. The van der Waals surface area contributed by atoms with Crippen LogP contribution in [0.25, 0.3) is 0 Å². The lowest BCUT2D eigenvalue weighted by molar-refractivity contribution is -0.0779. The molecule has 2 rings (SSSR count). The minimum Gasteiger partial charge on any atom is -0.496 e. The van der Waals surface area contributed by atoms with Crippen molar-refractivity contribution in [1.29, 1.82) is 0 Å². The number of ether oxygens (including phenoxy) is 1. The zero-order chi connectivity index (χ0) is 13.5. The van der Waals surface area contributed by atoms with Gasteiger partial charge in [0.25, 0.3) is 0 Å². The SMILES string of the molecule is COc1ccc(OOSCc2ccccc2)cc1C.